The summed E-state index contributed by atoms with van der Waals surface area (Å²) in [5, 5.41) is 2.09. The average Bonchev–Trinajstić information content (AvgIpc) is 2.98. The van der Waals surface area contributed by atoms with Crippen LogP contribution >= 0.6 is 0 Å². The first-order valence-corrected chi connectivity index (χ1v) is 9.81. The summed E-state index contributed by atoms with van der Waals surface area (Å²) in [6.45, 7) is 1.97. The summed E-state index contributed by atoms with van der Waals surface area (Å²) in [6.07, 6.45) is 6.81. The third kappa shape index (κ3) is 2.55. The topological polar surface area (TPSA) is 52.6 Å². The van der Waals surface area contributed by atoms with Gasteiger partial charge in [-0.1, -0.05) is 18.6 Å². The van der Waals surface area contributed by atoms with E-state index in [-0.39, 0.29) is 5.63 Å². The van der Waals surface area contributed by atoms with Crippen molar-refractivity contribution in [3.05, 3.63) is 63.7 Å². The number of rotatable bonds is 2. The third-order valence-corrected chi connectivity index (χ3v) is 5.91. The monoisotopic (exact) mass is 374 g/mol. The molecule has 0 fully saturated rings. The molecule has 0 aliphatic heterocycles. The first-order chi connectivity index (χ1) is 13.7. The van der Waals surface area contributed by atoms with Gasteiger partial charge in [-0.3, -0.25) is 0 Å². The van der Waals surface area contributed by atoms with Crippen LogP contribution in [-0.2, 0) is 12.8 Å². The first-order valence-electron chi connectivity index (χ1n) is 9.81. The molecule has 0 radical (unpaired) electrons. The van der Waals surface area contributed by atoms with E-state index >= 15 is 0 Å². The van der Waals surface area contributed by atoms with Gasteiger partial charge in [-0.2, -0.15) is 0 Å². The largest absolute Gasteiger partial charge is 0.497 e. The maximum Gasteiger partial charge on any atom is 0.339 e. The van der Waals surface area contributed by atoms with Gasteiger partial charge in [-0.25, -0.2) is 4.79 Å². The molecule has 1 aliphatic rings. The van der Waals surface area contributed by atoms with Gasteiger partial charge in [0.2, 0.25) is 0 Å². The highest BCUT2D eigenvalue weighted by molar-refractivity contribution is 6.05. The number of hydrogen-bond donors (Lipinski definition) is 0. The molecule has 1 aliphatic carbocycles. The Morgan fingerprint density at radius 2 is 1.79 bits per heavy atom. The van der Waals surface area contributed by atoms with Gasteiger partial charge in [0.15, 0.2) is 0 Å². The van der Waals surface area contributed by atoms with E-state index in [2.05, 4.69) is 12.1 Å². The number of hydrogen-bond acceptors (Lipinski definition) is 4. The fourth-order valence-corrected chi connectivity index (χ4v) is 4.44. The van der Waals surface area contributed by atoms with Crippen molar-refractivity contribution >= 4 is 21.9 Å². The zero-order chi connectivity index (χ0) is 19.3. The second kappa shape index (κ2) is 6.55. The predicted octanol–water partition coefficient (Wildman–Crippen LogP) is 5.79. The summed E-state index contributed by atoms with van der Waals surface area (Å²) < 4.78 is 17.1. The van der Waals surface area contributed by atoms with E-state index in [1.807, 2.05) is 25.1 Å². The third-order valence-electron chi connectivity index (χ3n) is 5.91. The maximum atomic E-state index is 12.6. The van der Waals surface area contributed by atoms with Crippen LogP contribution < -0.4 is 10.4 Å². The molecule has 2 aromatic heterocycles. The van der Waals surface area contributed by atoms with Gasteiger partial charge < -0.3 is 13.6 Å². The standard InChI is InChI=1S/C24H22O4/c1-14-22-20(21(13-27-22)15-7-6-8-16(11-15)26-2)12-19-17-9-4-3-5-10-18(17)24(25)28-23(14)19/h6-8,11-13H,3-5,9-10H2,1-2H3. The molecule has 0 unspecified atom stereocenters. The molecule has 2 aromatic carbocycles. The van der Waals surface area contributed by atoms with Crippen LogP contribution in [0.3, 0.4) is 0 Å². The zero-order valence-electron chi connectivity index (χ0n) is 16.1. The number of methoxy groups -OCH3 is 1. The van der Waals surface area contributed by atoms with E-state index in [1.54, 1.807) is 13.4 Å². The minimum atomic E-state index is -0.188. The second-order valence-corrected chi connectivity index (χ2v) is 7.54. The van der Waals surface area contributed by atoms with Gasteiger partial charge in [-0.15, -0.1) is 0 Å². The molecule has 142 valence electrons. The van der Waals surface area contributed by atoms with Crippen LogP contribution in [-0.4, -0.2) is 7.11 Å². The van der Waals surface area contributed by atoms with Gasteiger partial charge in [0.05, 0.1) is 13.4 Å². The highest BCUT2D eigenvalue weighted by Gasteiger charge is 2.21. The predicted molar refractivity (Wildman–Crippen MR) is 110 cm³/mol. The Balaban J connectivity index is 1.84. The molecule has 4 nitrogen and oxygen atoms in total. The lowest BCUT2D eigenvalue weighted by atomic mass is 9.95. The fourth-order valence-electron chi connectivity index (χ4n) is 4.44. The van der Waals surface area contributed by atoms with Crippen LogP contribution in [0.15, 0.2) is 50.2 Å². The molecule has 0 bridgehead atoms. The Morgan fingerprint density at radius 1 is 0.964 bits per heavy atom. The number of fused-ring (bicyclic) bond motifs is 4. The summed E-state index contributed by atoms with van der Waals surface area (Å²) in [7, 11) is 1.67. The summed E-state index contributed by atoms with van der Waals surface area (Å²) >= 11 is 0. The Morgan fingerprint density at radius 3 is 2.61 bits per heavy atom. The van der Waals surface area contributed by atoms with Gasteiger partial charge >= 0.3 is 5.63 Å². The lowest BCUT2D eigenvalue weighted by Gasteiger charge is -2.11. The van der Waals surface area contributed by atoms with Gasteiger partial charge in [0, 0.05) is 27.5 Å². The molecule has 0 atom stereocenters. The molecule has 0 amide bonds. The van der Waals surface area contributed by atoms with Crippen molar-refractivity contribution in [3.8, 4) is 16.9 Å². The first kappa shape index (κ1) is 17.1. The van der Waals surface area contributed by atoms with Crippen molar-refractivity contribution < 1.29 is 13.6 Å². The second-order valence-electron chi connectivity index (χ2n) is 7.54. The van der Waals surface area contributed by atoms with E-state index in [9.17, 15) is 4.79 Å². The number of furan rings is 1. The summed E-state index contributed by atoms with van der Waals surface area (Å²) in [6, 6.07) is 10.1. The number of ether oxygens (including phenoxy) is 1. The minimum absolute atomic E-state index is 0.188. The smallest absolute Gasteiger partial charge is 0.339 e. The number of benzene rings is 2. The van der Waals surface area contributed by atoms with Crippen molar-refractivity contribution in [2.45, 2.75) is 39.0 Å². The molecular formula is C24H22O4. The normalized spacial score (nSPS) is 14.2. The van der Waals surface area contributed by atoms with Crippen LogP contribution in [0.5, 0.6) is 5.75 Å². The van der Waals surface area contributed by atoms with Crippen molar-refractivity contribution in [1.82, 2.24) is 0 Å². The lowest BCUT2D eigenvalue weighted by molar-refractivity contribution is 0.415. The van der Waals surface area contributed by atoms with Crippen molar-refractivity contribution in [3.63, 3.8) is 0 Å². The summed E-state index contributed by atoms with van der Waals surface area (Å²) in [5.74, 6) is 0.809. The average molecular weight is 374 g/mol. The molecule has 2 heterocycles. The zero-order valence-corrected chi connectivity index (χ0v) is 16.1. The molecule has 4 heteroatoms. The minimum Gasteiger partial charge on any atom is -0.497 e. The van der Waals surface area contributed by atoms with E-state index in [4.69, 9.17) is 13.6 Å². The van der Waals surface area contributed by atoms with Gasteiger partial charge in [0.25, 0.3) is 0 Å². The van der Waals surface area contributed by atoms with Crippen LogP contribution in [0.4, 0.5) is 0 Å². The highest BCUT2D eigenvalue weighted by Crippen LogP contribution is 2.38. The summed E-state index contributed by atoms with van der Waals surface area (Å²) in [4.78, 5) is 12.6. The van der Waals surface area contributed by atoms with E-state index in [1.165, 1.54) is 0 Å². The molecule has 28 heavy (non-hydrogen) atoms. The Kier molecular flexibility index (Phi) is 4.00. The van der Waals surface area contributed by atoms with E-state index in [0.717, 1.165) is 82.0 Å². The number of aryl methyl sites for hydroxylation is 2. The molecule has 0 saturated heterocycles. The molecule has 0 spiro atoms. The van der Waals surface area contributed by atoms with Crippen molar-refractivity contribution in [1.29, 1.82) is 0 Å². The Bertz CT molecular complexity index is 1260. The van der Waals surface area contributed by atoms with Gasteiger partial charge in [0.1, 0.15) is 16.9 Å². The molecule has 0 N–H and O–H groups in total. The van der Waals surface area contributed by atoms with Crippen molar-refractivity contribution in [2.24, 2.45) is 0 Å². The SMILES string of the molecule is COc1cccc(-c2coc3c(C)c4oc(=O)c5c(c4cc23)CCCCC5)c1. The van der Waals surface area contributed by atoms with E-state index in [0.29, 0.717) is 5.58 Å². The lowest BCUT2D eigenvalue weighted by Crippen LogP contribution is -2.11. The molecular weight excluding hydrogens is 352 g/mol. The Labute approximate surface area is 162 Å². The van der Waals surface area contributed by atoms with Crippen molar-refractivity contribution in [2.75, 3.05) is 7.11 Å². The molecule has 0 saturated carbocycles. The summed E-state index contributed by atoms with van der Waals surface area (Å²) in [5.41, 5.74) is 6.19. The van der Waals surface area contributed by atoms with E-state index < -0.39 is 0 Å². The van der Waals surface area contributed by atoms with Gasteiger partial charge in [-0.05, 0) is 61.9 Å². The van der Waals surface area contributed by atoms with Crippen LogP contribution in [0, 0.1) is 6.92 Å². The molecule has 4 aromatic rings. The quantitative estimate of drug-likeness (QED) is 0.329. The van der Waals surface area contributed by atoms with Crippen LogP contribution in [0.2, 0.25) is 0 Å². The maximum absolute atomic E-state index is 12.6. The fraction of sp³-hybridized carbons (Fsp3) is 0.292. The van der Waals surface area contributed by atoms with Crippen LogP contribution in [0.1, 0.15) is 36.0 Å². The molecule has 5 rings (SSSR count). The Hall–Kier alpha value is -3.01. The highest BCUT2D eigenvalue weighted by atomic mass is 16.5. The van der Waals surface area contributed by atoms with Crippen LogP contribution in [0.25, 0.3) is 33.1 Å².